The fraction of sp³-hybridized carbons (Fsp3) is 0.864. The van der Waals surface area contributed by atoms with Gasteiger partial charge in [0, 0.05) is 17.8 Å². The summed E-state index contributed by atoms with van der Waals surface area (Å²) in [6, 6.07) is 2.86. The summed E-state index contributed by atoms with van der Waals surface area (Å²) in [4.78, 5) is 5.20. The van der Waals surface area contributed by atoms with Gasteiger partial charge in [0.2, 0.25) is 0 Å². The number of hydrogen-bond donors (Lipinski definition) is 0. The molecule has 0 amide bonds. The van der Waals surface area contributed by atoms with Gasteiger partial charge in [-0.1, -0.05) is 96.0 Å². The zero-order chi connectivity index (χ0) is 17.8. The van der Waals surface area contributed by atoms with Crippen LogP contribution in [0.1, 0.15) is 91.4 Å². The predicted octanol–water partition coefficient (Wildman–Crippen LogP) is 7.80. The molecule has 24 heavy (non-hydrogen) atoms. The Kier molecular flexibility index (Phi) is 10.9. The fourth-order valence-corrected chi connectivity index (χ4v) is 10.2. The summed E-state index contributed by atoms with van der Waals surface area (Å²) in [5.41, 5.74) is 3.57. The van der Waals surface area contributed by atoms with Crippen LogP contribution < -0.4 is 0 Å². The lowest BCUT2D eigenvalue weighted by Gasteiger charge is -2.38. The molecule has 2 heteroatoms. The molecule has 0 saturated heterocycles. The number of allylic oxidation sites excluding steroid dienone is 1. The van der Waals surface area contributed by atoms with Crippen molar-refractivity contribution in [3.8, 4) is 0 Å². The Bertz CT molecular complexity index is 379. The van der Waals surface area contributed by atoms with Crippen LogP contribution >= 0.6 is 0 Å². The van der Waals surface area contributed by atoms with E-state index in [1.807, 2.05) is 0 Å². The molecule has 140 valence electrons. The average molecular weight is 350 g/mol. The van der Waals surface area contributed by atoms with Crippen molar-refractivity contribution in [1.82, 2.24) is 0 Å². The van der Waals surface area contributed by atoms with Gasteiger partial charge >= 0.3 is 0 Å². The Morgan fingerprint density at radius 1 is 0.958 bits per heavy atom. The Hall–Kier alpha value is -0.373. The molecule has 1 nitrogen and oxygen atoms in total. The van der Waals surface area contributed by atoms with Crippen LogP contribution in [0, 0.1) is 0 Å². The van der Waals surface area contributed by atoms with Gasteiger partial charge in [0.15, 0.2) is 0 Å². The largest absolute Gasteiger partial charge is 0.294 e. The summed E-state index contributed by atoms with van der Waals surface area (Å²) in [5, 5.41) is 0. The maximum Gasteiger partial charge on any atom is 0.0645 e. The van der Waals surface area contributed by atoms with Crippen molar-refractivity contribution in [2.24, 2.45) is 4.99 Å². The topological polar surface area (TPSA) is 12.4 Å². The molecule has 0 aliphatic carbocycles. The van der Waals surface area contributed by atoms with Gasteiger partial charge in [-0.3, -0.25) is 4.99 Å². The van der Waals surface area contributed by atoms with E-state index in [0.717, 1.165) is 6.54 Å². The van der Waals surface area contributed by atoms with E-state index in [9.17, 15) is 0 Å². The number of rotatable bonds is 7. The summed E-state index contributed by atoms with van der Waals surface area (Å²) >= 11 is 0. The first-order valence-electron chi connectivity index (χ1n) is 10.7. The monoisotopic (exact) mass is 349 g/mol. The molecule has 1 aliphatic heterocycles. The summed E-state index contributed by atoms with van der Waals surface area (Å²) in [5.74, 6) is 0. The molecule has 1 unspecified atom stereocenters. The molecule has 0 aromatic carbocycles. The van der Waals surface area contributed by atoms with Crippen LogP contribution in [0.25, 0.3) is 0 Å². The van der Waals surface area contributed by atoms with E-state index < -0.39 is 8.07 Å². The summed E-state index contributed by atoms with van der Waals surface area (Å²) in [6.07, 6.45) is 15.0. The molecule has 0 saturated carbocycles. The molecule has 0 aromatic heterocycles. The third kappa shape index (κ3) is 7.25. The first kappa shape index (κ1) is 21.7. The summed E-state index contributed by atoms with van der Waals surface area (Å²) in [7, 11) is -1.35. The van der Waals surface area contributed by atoms with Crippen LogP contribution in [-0.4, -0.2) is 20.3 Å². The van der Waals surface area contributed by atoms with Gasteiger partial charge in [-0.15, -0.1) is 0 Å². The predicted molar refractivity (Wildman–Crippen MR) is 114 cm³/mol. The van der Waals surface area contributed by atoms with Crippen molar-refractivity contribution < 1.29 is 0 Å². The molecule has 0 spiro atoms. The second kappa shape index (κ2) is 12.1. The molecular formula is C22H43NSi. The molecule has 1 aliphatic rings. The smallest absolute Gasteiger partial charge is 0.0645 e. The summed E-state index contributed by atoms with van der Waals surface area (Å²) in [6.45, 7) is 15.1. The minimum absolute atomic E-state index is 0.625. The number of hydrogen-bond acceptors (Lipinski definition) is 1. The lowest BCUT2D eigenvalue weighted by molar-refractivity contribution is 0.568. The van der Waals surface area contributed by atoms with Gasteiger partial charge in [0.25, 0.3) is 0 Å². The van der Waals surface area contributed by atoms with E-state index >= 15 is 0 Å². The van der Waals surface area contributed by atoms with Crippen molar-refractivity contribution in [1.29, 1.82) is 0 Å². The van der Waals surface area contributed by atoms with Gasteiger partial charge in [-0.25, -0.2) is 0 Å². The van der Waals surface area contributed by atoms with Crippen molar-refractivity contribution >= 4 is 13.8 Å². The van der Waals surface area contributed by atoms with E-state index in [4.69, 9.17) is 4.99 Å². The first-order valence-corrected chi connectivity index (χ1v) is 13.7. The fourth-order valence-electron chi connectivity index (χ4n) is 4.85. The van der Waals surface area contributed by atoms with Crippen LogP contribution in [0.5, 0.6) is 0 Å². The van der Waals surface area contributed by atoms with Gasteiger partial charge < -0.3 is 0 Å². The Morgan fingerprint density at radius 3 is 1.96 bits per heavy atom. The average Bonchev–Trinajstić information content (AvgIpc) is 2.50. The SMILES string of the molecule is C=C(C)C(C1=NCCCCCCCCCC1)[Si](C)(CCC)CCC. The van der Waals surface area contributed by atoms with E-state index in [-0.39, 0.29) is 0 Å². The van der Waals surface area contributed by atoms with E-state index in [0.29, 0.717) is 5.54 Å². The third-order valence-electron chi connectivity index (χ3n) is 5.82. The maximum absolute atomic E-state index is 5.20. The molecule has 1 rings (SSSR count). The second-order valence-electron chi connectivity index (χ2n) is 8.38. The van der Waals surface area contributed by atoms with Gasteiger partial charge in [0.1, 0.15) is 0 Å². The van der Waals surface area contributed by atoms with Crippen molar-refractivity contribution in [2.75, 3.05) is 6.54 Å². The minimum Gasteiger partial charge on any atom is -0.294 e. The zero-order valence-electron chi connectivity index (χ0n) is 17.1. The summed E-state index contributed by atoms with van der Waals surface area (Å²) < 4.78 is 0. The molecule has 0 bridgehead atoms. The van der Waals surface area contributed by atoms with Crippen molar-refractivity contribution in [2.45, 2.75) is 116 Å². The van der Waals surface area contributed by atoms with Gasteiger partial charge in [0.05, 0.1) is 8.07 Å². The van der Waals surface area contributed by atoms with Crippen LogP contribution in [0.15, 0.2) is 17.1 Å². The van der Waals surface area contributed by atoms with E-state index in [2.05, 4.69) is 33.9 Å². The highest BCUT2D eigenvalue weighted by molar-refractivity contribution is 6.83. The van der Waals surface area contributed by atoms with Crippen molar-refractivity contribution in [3.05, 3.63) is 12.2 Å². The lowest BCUT2D eigenvalue weighted by atomic mass is 10.0. The molecule has 0 aromatic rings. The maximum atomic E-state index is 5.20. The molecule has 0 radical (unpaired) electrons. The van der Waals surface area contributed by atoms with Gasteiger partial charge in [-0.05, 0) is 26.2 Å². The molecular weight excluding hydrogens is 306 g/mol. The zero-order valence-corrected chi connectivity index (χ0v) is 18.1. The first-order chi connectivity index (χ1) is 11.5. The highest BCUT2D eigenvalue weighted by atomic mass is 28.3. The minimum atomic E-state index is -1.35. The highest BCUT2D eigenvalue weighted by Crippen LogP contribution is 2.39. The van der Waals surface area contributed by atoms with E-state index in [1.165, 1.54) is 88.3 Å². The quantitative estimate of drug-likeness (QED) is 0.328. The number of aliphatic imine (C=N–C) groups is 1. The lowest BCUT2D eigenvalue weighted by Crippen LogP contribution is -2.40. The molecule has 1 atom stereocenters. The van der Waals surface area contributed by atoms with Crippen LogP contribution in [0.4, 0.5) is 0 Å². The standard InChI is InChI=1S/C22H43NSi/c1-6-18-24(5,19-7-2)22(20(3)4)21-16-14-12-10-8-9-11-13-15-17-23-21/h22H,3,6-19H2,1-2,4-5H3. The van der Waals surface area contributed by atoms with Gasteiger partial charge in [-0.2, -0.15) is 0 Å². The van der Waals surface area contributed by atoms with E-state index in [1.54, 1.807) is 5.71 Å². The van der Waals surface area contributed by atoms with Crippen LogP contribution in [0.3, 0.4) is 0 Å². The van der Waals surface area contributed by atoms with Crippen LogP contribution in [-0.2, 0) is 0 Å². The Balaban J connectivity index is 2.99. The number of nitrogens with zero attached hydrogens (tertiary/aromatic N) is 1. The Labute approximate surface area is 153 Å². The molecule has 1 heterocycles. The second-order valence-corrected chi connectivity index (χ2v) is 13.3. The Morgan fingerprint density at radius 2 is 1.46 bits per heavy atom. The van der Waals surface area contributed by atoms with Crippen molar-refractivity contribution in [3.63, 3.8) is 0 Å². The highest BCUT2D eigenvalue weighted by Gasteiger charge is 2.38. The third-order valence-corrected chi connectivity index (χ3v) is 11.3. The normalized spacial score (nSPS) is 19.8. The molecule has 0 fully saturated rings. The van der Waals surface area contributed by atoms with Crippen LogP contribution in [0.2, 0.25) is 24.2 Å². The molecule has 0 N–H and O–H groups in total.